The van der Waals surface area contributed by atoms with E-state index in [0.29, 0.717) is 11.3 Å². The fourth-order valence-corrected chi connectivity index (χ4v) is 4.06. The van der Waals surface area contributed by atoms with Gasteiger partial charge in [0, 0.05) is 42.1 Å². The van der Waals surface area contributed by atoms with E-state index in [9.17, 15) is 9.59 Å². The lowest BCUT2D eigenvalue weighted by atomic mass is 9.99. The van der Waals surface area contributed by atoms with Crippen LogP contribution in [0.3, 0.4) is 0 Å². The van der Waals surface area contributed by atoms with Gasteiger partial charge in [-0.05, 0) is 63.8 Å². The minimum absolute atomic E-state index is 0.359. The van der Waals surface area contributed by atoms with Gasteiger partial charge < -0.3 is 9.47 Å². The summed E-state index contributed by atoms with van der Waals surface area (Å²) in [6.45, 7) is 1.81. The van der Waals surface area contributed by atoms with Gasteiger partial charge in [0.05, 0.1) is 0 Å². The zero-order valence-electron chi connectivity index (χ0n) is 16.0. The van der Waals surface area contributed by atoms with Gasteiger partial charge in [-0.15, -0.1) is 0 Å². The Kier molecular flexibility index (Phi) is 5.40. The van der Waals surface area contributed by atoms with E-state index < -0.39 is 0 Å². The van der Waals surface area contributed by atoms with Gasteiger partial charge in [-0.1, -0.05) is 24.3 Å². The normalized spacial score (nSPS) is 13.0. The van der Waals surface area contributed by atoms with Gasteiger partial charge in [-0.3, -0.25) is 20.4 Å². The molecule has 0 aliphatic carbocycles. The van der Waals surface area contributed by atoms with Crippen molar-refractivity contribution in [3.05, 3.63) is 87.7 Å². The molecule has 1 aromatic heterocycles. The van der Waals surface area contributed by atoms with Crippen LogP contribution in [0.25, 0.3) is 0 Å². The summed E-state index contributed by atoms with van der Waals surface area (Å²) in [5.74, 6) is -0.739. The lowest BCUT2D eigenvalue weighted by Gasteiger charge is -2.30. The van der Waals surface area contributed by atoms with Crippen LogP contribution in [-0.4, -0.2) is 22.9 Å². The standard InChI is InChI=1S/C22H21BrN4O2/c1-26-14-18(23)12-20(26)22(29)25-24-21(28)16-6-8-19(9-7-16)27-11-10-15-4-2-3-5-17(15)13-27/h2-9,12,14H,10-11,13H2,1H3,(H,24,28)(H,25,29). The maximum absolute atomic E-state index is 12.4. The Hall–Kier alpha value is -3.06. The number of fused-ring (bicyclic) bond motifs is 1. The summed E-state index contributed by atoms with van der Waals surface area (Å²) >= 11 is 3.32. The largest absolute Gasteiger partial charge is 0.367 e. The SMILES string of the molecule is Cn1cc(Br)cc1C(=O)NNC(=O)c1ccc(N2CCc3ccccc3C2)cc1. The van der Waals surface area contributed by atoms with Crippen molar-refractivity contribution in [2.75, 3.05) is 11.4 Å². The molecule has 0 bridgehead atoms. The number of carbonyl (C=O) groups excluding carboxylic acids is 2. The lowest BCUT2D eigenvalue weighted by Crippen LogP contribution is -2.42. The van der Waals surface area contributed by atoms with Crippen molar-refractivity contribution in [1.82, 2.24) is 15.4 Å². The highest BCUT2D eigenvalue weighted by Crippen LogP contribution is 2.24. The van der Waals surface area contributed by atoms with Crippen LogP contribution in [-0.2, 0) is 20.0 Å². The second kappa shape index (κ2) is 8.13. The fourth-order valence-electron chi connectivity index (χ4n) is 3.54. The molecule has 0 saturated heterocycles. The monoisotopic (exact) mass is 452 g/mol. The van der Waals surface area contributed by atoms with Crippen molar-refractivity contribution in [1.29, 1.82) is 0 Å². The second-order valence-electron chi connectivity index (χ2n) is 7.05. The molecular formula is C22H21BrN4O2. The zero-order chi connectivity index (χ0) is 20.4. The molecule has 0 fully saturated rings. The molecule has 0 unspecified atom stereocenters. The third-order valence-corrected chi connectivity index (χ3v) is 5.55. The van der Waals surface area contributed by atoms with Gasteiger partial charge in [-0.2, -0.15) is 0 Å². The van der Waals surface area contributed by atoms with Crippen LogP contribution in [0.1, 0.15) is 32.0 Å². The number of hydrazine groups is 1. The Bertz CT molecular complexity index is 1060. The average Bonchev–Trinajstić information content (AvgIpc) is 3.09. The van der Waals surface area contributed by atoms with E-state index in [1.165, 1.54) is 11.1 Å². The Balaban J connectivity index is 1.37. The van der Waals surface area contributed by atoms with Gasteiger partial charge in [0.25, 0.3) is 11.8 Å². The maximum atomic E-state index is 12.4. The van der Waals surface area contributed by atoms with Crippen LogP contribution in [0, 0.1) is 0 Å². The van der Waals surface area contributed by atoms with E-state index in [2.05, 4.69) is 55.9 Å². The van der Waals surface area contributed by atoms with Gasteiger partial charge in [-0.25, -0.2) is 0 Å². The minimum Gasteiger partial charge on any atom is -0.367 e. The number of halogens is 1. The molecule has 2 N–H and O–H groups in total. The van der Waals surface area contributed by atoms with Gasteiger partial charge in [0.2, 0.25) is 0 Å². The summed E-state index contributed by atoms with van der Waals surface area (Å²) in [6.07, 6.45) is 2.79. The van der Waals surface area contributed by atoms with E-state index >= 15 is 0 Å². The summed E-state index contributed by atoms with van der Waals surface area (Å²) in [4.78, 5) is 26.9. The Morgan fingerprint density at radius 2 is 1.66 bits per heavy atom. The number of aromatic nitrogens is 1. The van der Waals surface area contributed by atoms with E-state index in [4.69, 9.17) is 0 Å². The molecule has 29 heavy (non-hydrogen) atoms. The van der Waals surface area contributed by atoms with E-state index in [1.807, 2.05) is 12.1 Å². The van der Waals surface area contributed by atoms with Crippen LogP contribution in [0.5, 0.6) is 0 Å². The number of nitrogens with one attached hydrogen (secondary N) is 2. The highest BCUT2D eigenvalue weighted by Gasteiger charge is 2.17. The third kappa shape index (κ3) is 4.19. The third-order valence-electron chi connectivity index (χ3n) is 5.12. The predicted octanol–water partition coefficient (Wildman–Crippen LogP) is 3.43. The van der Waals surface area contributed by atoms with Crippen LogP contribution in [0.2, 0.25) is 0 Å². The van der Waals surface area contributed by atoms with Crippen LogP contribution in [0.4, 0.5) is 5.69 Å². The minimum atomic E-state index is -0.379. The molecule has 2 heterocycles. The first-order valence-electron chi connectivity index (χ1n) is 9.35. The molecule has 0 spiro atoms. The van der Waals surface area contributed by atoms with Crippen molar-refractivity contribution in [3.63, 3.8) is 0 Å². The van der Waals surface area contributed by atoms with Crippen LogP contribution in [0.15, 0.2) is 65.3 Å². The van der Waals surface area contributed by atoms with Crippen LogP contribution >= 0.6 is 15.9 Å². The maximum Gasteiger partial charge on any atom is 0.286 e. The van der Waals surface area contributed by atoms with Crippen molar-refractivity contribution < 1.29 is 9.59 Å². The average molecular weight is 453 g/mol. The van der Waals surface area contributed by atoms with Crippen molar-refractivity contribution in [2.45, 2.75) is 13.0 Å². The Morgan fingerprint density at radius 3 is 2.34 bits per heavy atom. The number of carbonyl (C=O) groups is 2. The summed E-state index contributed by atoms with van der Waals surface area (Å²) in [5, 5.41) is 0. The lowest BCUT2D eigenvalue weighted by molar-refractivity contribution is 0.0842. The number of anilines is 1. The summed E-state index contributed by atoms with van der Waals surface area (Å²) in [6, 6.07) is 17.6. The Morgan fingerprint density at radius 1 is 0.966 bits per heavy atom. The van der Waals surface area contributed by atoms with Gasteiger partial charge in [0.15, 0.2) is 0 Å². The fraction of sp³-hybridized carbons (Fsp3) is 0.182. The molecule has 7 heteroatoms. The summed E-state index contributed by atoms with van der Waals surface area (Å²) < 4.78 is 2.48. The smallest absolute Gasteiger partial charge is 0.286 e. The highest BCUT2D eigenvalue weighted by molar-refractivity contribution is 9.10. The molecule has 1 aliphatic heterocycles. The second-order valence-corrected chi connectivity index (χ2v) is 7.97. The molecular weight excluding hydrogens is 432 g/mol. The number of benzene rings is 2. The number of hydrogen-bond acceptors (Lipinski definition) is 3. The number of aryl methyl sites for hydroxylation is 1. The van der Waals surface area contributed by atoms with Gasteiger partial charge >= 0.3 is 0 Å². The molecule has 148 valence electrons. The molecule has 2 aromatic carbocycles. The molecule has 0 radical (unpaired) electrons. The molecule has 0 atom stereocenters. The van der Waals surface area contributed by atoms with Crippen LogP contribution < -0.4 is 15.8 Å². The number of hydrogen-bond donors (Lipinski definition) is 2. The molecule has 1 aliphatic rings. The summed E-state index contributed by atoms with van der Waals surface area (Å²) in [5.41, 5.74) is 9.67. The topological polar surface area (TPSA) is 66.4 Å². The first-order valence-corrected chi connectivity index (χ1v) is 10.1. The number of rotatable bonds is 3. The molecule has 2 amide bonds. The van der Waals surface area contributed by atoms with Gasteiger partial charge in [0.1, 0.15) is 5.69 Å². The van der Waals surface area contributed by atoms with Crippen molar-refractivity contribution in [2.24, 2.45) is 7.05 Å². The molecule has 4 rings (SSSR count). The molecule has 6 nitrogen and oxygen atoms in total. The number of amides is 2. The van der Waals surface area contributed by atoms with Crippen molar-refractivity contribution >= 4 is 33.4 Å². The first-order chi connectivity index (χ1) is 14.0. The van der Waals surface area contributed by atoms with E-state index in [1.54, 1.807) is 36.0 Å². The number of nitrogens with zero attached hydrogens (tertiary/aromatic N) is 2. The van der Waals surface area contributed by atoms with E-state index in [0.717, 1.165) is 29.7 Å². The zero-order valence-corrected chi connectivity index (χ0v) is 17.6. The van der Waals surface area contributed by atoms with Crippen molar-refractivity contribution in [3.8, 4) is 0 Å². The summed E-state index contributed by atoms with van der Waals surface area (Å²) in [7, 11) is 1.76. The first kappa shape index (κ1) is 19.3. The van der Waals surface area contributed by atoms with E-state index in [-0.39, 0.29) is 11.8 Å². The molecule has 3 aromatic rings. The Labute approximate surface area is 177 Å². The predicted molar refractivity (Wildman–Crippen MR) is 116 cm³/mol. The highest BCUT2D eigenvalue weighted by atomic mass is 79.9. The quantitative estimate of drug-likeness (QED) is 0.598. The molecule has 0 saturated carbocycles.